The Morgan fingerprint density at radius 3 is 2.52 bits per heavy atom. The van der Waals surface area contributed by atoms with E-state index in [9.17, 15) is 19.5 Å². The van der Waals surface area contributed by atoms with Crippen LogP contribution in [0.5, 0.6) is 5.75 Å². The van der Waals surface area contributed by atoms with Crippen molar-refractivity contribution in [3.05, 3.63) is 119 Å². The van der Waals surface area contributed by atoms with E-state index in [0.717, 1.165) is 18.4 Å². The summed E-state index contributed by atoms with van der Waals surface area (Å²) in [5.41, 5.74) is 4.74. The molecule has 1 heterocycles. The number of aromatic nitrogens is 2. The molecular weight excluding hydrogens is 554 g/mol. The van der Waals surface area contributed by atoms with Gasteiger partial charge in [0.25, 0.3) is 5.91 Å². The Hall–Kier alpha value is -4.95. The topological polar surface area (TPSA) is 121 Å². The summed E-state index contributed by atoms with van der Waals surface area (Å²) < 4.78 is 5.16. The first-order chi connectivity index (χ1) is 20.2. The van der Waals surface area contributed by atoms with Gasteiger partial charge in [0.1, 0.15) is 11.6 Å². The van der Waals surface area contributed by atoms with Gasteiger partial charge in [-0.3, -0.25) is 9.59 Å². The Morgan fingerprint density at radius 1 is 1.10 bits per heavy atom. The number of carboxylic acids is 1. The fraction of sp³-hybridized carbons (Fsp3) is 0.152. The SMILES string of the molecule is C=C(/C(=C\C=C/Cl)c1nc2cc(OC(C)=O)ccc2[nH]1)c1ccc(C(=O)N[C@H](CCC)c2ccccc2)cc1C(=O)O. The number of hydrogen-bond acceptors (Lipinski definition) is 5. The number of aromatic carboxylic acids is 1. The number of fused-ring (bicyclic) bond motifs is 1. The molecule has 1 amide bonds. The Labute approximate surface area is 248 Å². The third-order valence-corrected chi connectivity index (χ3v) is 6.70. The van der Waals surface area contributed by atoms with E-state index in [2.05, 4.69) is 21.9 Å². The lowest BCUT2D eigenvalue weighted by Crippen LogP contribution is -2.28. The largest absolute Gasteiger partial charge is 0.478 e. The molecule has 0 unspecified atom stereocenters. The van der Waals surface area contributed by atoms with E-state index in [1.54, 1.807) is 42.5 Å². The number of esters is 1. The van der Waals surface area contributed by atoms with Gasteiger partial charge in [-0.2, -0.15) is 0 Å². The lowest BCUT2D eigenvalue weighted by Gasteiger charge is -2.19. The van der Waals surface area contributed by atoms with Crippen molar-refractivity contribution in [2.24, 2.45) is 0 Å². The van der Waals surface area contributed by atoms with Gasteiger partial charge in [-0.1, -0.05) is 74.0 Å². The van der Waals surface area contributed by atoms with E-state index >= 15 is 0 Å². The van der Waals surface area contributed by atoms with E-state index < -0.39 is 11.9 Å². The number of nitrogens with zero attached hydrogens (tertiary/aromatic N) is 1. The van der Waals surface area contributed by atoms with Crippen LogP contribution in [0.2, 0.25) is 0 Å². The molecule has 0 aliphatic carbocycles. The monoisotopic (exact) mass is 583 g/mol. The summed E-state index contributed by atoms with van der Waals surface area (Å²) in [6.45, 7) is 7.52. The number of aromatic amines is 1. The zero-order valence-electron chi connectivity index (χ0n) is 23.2. The average molecular weight is 584 g/mol. The highest BCUT2D eigenvalue weighted by atomic mass is 35.5. The first-order valence-corrected chi connectivity index (χ1v) is 13.7. The van der Waals surface area contributed by atoms with Crippen LogP contribution in [0.25, 0.3) is 22.2 Å². The third-order valence-electron chi connectivity index (χ3n) is 6.55. The standard InChI is InChI=1S/C33H30ClN3O5/c1-4-9-28(22-10-6-5-7-11-22)37-32(39)23-13-15-25(27(18-23)33(40)41)20(2)26(12-8-17-34)31-35-29-16-14-24(42-21(3)38)19-30(29)36-31/h5-8,10-19,28H,2,4,9H2,1,3H3,(H,35,36)(H,37,39)(H,40,41)/b17-8-,26-12+/t28-/m1/s1. The maximum absolute atomic E-state index is 13.2. The molecule has 3 N–H and O–H groups in total. The highest BCUT2D eigenvalue weighted by Gasteiger charge is 2.22. The van der Waals surface area contributed by atoms with E-state index in [1.165, 1.54) is 18.5 Å². The van der Waals surface area contributed by atoms with Crippen LogP contribution in [0.1, 0.15) is 70.4 Å². The predicted octanol–water partition coefficient (Wildman–Crippen LogP) is 7.31. The van der Waals surface area contributed by atoms with E-state index in [0.29, 0.717) is 39.3 Å². The third kappa shape index (κ3) is 7.03. The molecule has 8 nitrogen and oxygen atoms in total. The molecule has 9 heteroatoms. The number of allylic oxidation sites excluding steroid dienone is 4. The van der Waals surface area contributed by atoms with Crippen molar-refractivity contribution >= 4 is 51.6 Å². The Morgan fingerprint density at radius 2 is 1.86 bits per heavy atom. The molecule has 0 aliphatic heterocycles. The summed E-state index contributed by atoms with van der Waals surface area (Å²) in [5, 5.41) is 13.2. The van der Waals surface area contributed by atoms with Crippen LogP contribution < -0.4 is 10.1 Å². The van der Waals surface area contributed by atoms with Crippen molar-refractivity contribution in [1.29, 1.82) is 0 Å². The average Bonchev–Trinajstić information content (AvgIpc) is 3.39. The first-order valence-electron chi connectivity index (χ1n) is 13.3. The van der Waals surface area contributed by atoms with E-state index in [1.807, 2.05) is 37.3 Å². The number of carboxylic acid groups (broad SMARTS) is 1. The van der Waals surface area contributed by atoms with Crippen molar-refractivity contribution in [3.63, 3.8) is 0 Å². The molecule has 0 aliphatic rings. The van der Waals surface area contributed by atoms with Gasteiger partial charge >= 0.3 is 11.9 Å². The lowest BCUT2D eigenvalue weighted by atomic mass is 9.92. The molecule has 0 spiro atoms. The molecule has 42 heavy (non-hydrogen) atoms. The van der Waals surface area contributed by atoms with Gasteiger partial charge in [0.15, 0.2) is 0 Å². The number of halogens is 1. The fourth-order valence-corrected chi connectivity index (χ4v) is 4.68. The van der Waals surface area contributed by atoms with Crippen LogP contribution >= 0.6 is 11.6 Å². The summed E-state index contributed by atoms with van der Waals surface area (Å²) in [5.74, 6) is -1.30. The van der Waals surface area contributed by atoms with Gasteiger partial charge in [-0.05, 0) is 53.5 Å². The maximum atomic E-state index is 13.2. The summed E-state index contributed by atoms with van der Waals surface area (Å²) in [7, 11) is 0. The maximum Gasteiger partial charge on any atom is 0.336 e. The number of H-pyrrole nitrogens is 1. The number of ether oxygens (including phenoxy) is 1. The van der Waals surface area contributed by atoms with Crippen molar-refractivity contribution < 1.29 is 24.2 Å². The minimum atomic E-state index is -1.21. The zero-order valence-corrected chi connectivity index (χ0v) is 23.9. The smallest absolute Gasteiger partial charge is 0.336 e. The van der Waals surface area contributed by atoms with Crippen LogP contribution in [-0.2, 0) is 4.79 Å². The molecule has 1 atom stereocenters. The molecule has 214 valence electrons. The highest BCUT2D eigenvalue weighted by Crippen LogP contribution is 2.33. The van der Waals surface area contributed by atoms with Crippen molar-refractivity contribution in [3.8, 4) is 5.75 Å². The van der Waals surface area contributed by atoms with Crippen molar-refractivity contribution in [2.75, 3.05) is 0 Å². The van der Waals surface area contributed by atoms with Gasteiger partial charge < -0.3 is 20.1 Å². The highest BCUT2D eigenvalue weighted by molar-refractivity contribution is 6.25. The molecule has 0 saturated carbocycles. The number of rotatable bonds is 11. The molecule has 0 radical (unpaired) electrons. The predicted molar refractivity (Wildman–Crippen MR) is 164 cm³/mol. The lowest BCUT2D eigenvalue weighted by molar-refractivity contribution is -0.131. The van der Waals surface area contributed by atoms with Gasteiger partial charge in [0.05, 0.1) is 22.6 Å². The summed E-state index contributed by atoms with van der Waals surface area (Å²) in [6.07, 6.45) is 4.82. The van der Waals surface area contributed by atoms with Gasteiger partial charge in [0, 0.05) is 29.7 Å². The van der Waals surface area contributed by atoms with Crippen molar-refractivity contribution in [1.82, 2.24) is 15.3 Å². The van der Waals surface area contributed by atoms with Gasteiger partial charge in [0.2, 0.25) is 0 Å². The first kappa shape index (κ1) is 30.0. The molecule has 4 rings (SSSR count). The normalized spacial score (nSPS) is 12.3. The Kier molecular flexibility index (Phi) is 9.73. The minimum absolute atomic E-state index is 0.0894. The number of benzene rings is 3. The molecule has 0 bridgehead atoms. The molecule has 4 aromatic rings. The second kappa shape index (κ2) is 13.6. The number of nitrogens with one attached hydrogen (secondary N) is 2. The quantitative estimate of drug-likeness (QED) is 0.0967. The minimum Gasteiger partial charge on any atom is -0.478 e. The Balaban J connectivity index is 1.68. The second-order valence-corrected chi connectivity index (χ2v) is 9.78. The zero-order chi connectivity index (χ0) is 30.2. The van der Waals surface area contributed by atoms with Crippen LogP contribution in [0.4, 0.5) is 0 Å². The fourth-order valence-electron chi connectivity index (χ4n) is 4.61. The molecule has 3 aromatic carbocycles. The van der Waals surface area contributed by atoms with Crippen LogP contribution in [0, 0.1) is 0 Å². The molecule has 1 aromatic heterocycles. The number of amides is 1. The number of carbonyl (C=O) groups excluding carboxylic acids is 2. The van der Waals surface area contributed by atoms with Gasteiger partial charge in [-0.15, -0.1) is 0 Å². The summed E-state index contributed by atoms with van der Waals surface area (Å²) in [4.78, 5) is 44.8. The van der Waals surface area contributed by atoms with Crippen molar-refractivity contribution in [2.45, 2.75) is 32.7 Å². The van der Waals surface area contributed by atoms with Crippen LogP contribution in [-0.4, -0.2) is 32.9 Å². The van der Waals surface area contributed by atoms with Gasteiger partial charge in [-0.25, -0.2) is 9.78 Å². The number of hydrogen-bond donors (Lipinski definition) is 3. The number of carbonyl (C=O) groups is 3. The van der Waals surface area contributed by atoms with Crippen LogP contribution in [0.15, 0.2) is 91.0 Å². The molecule has 0 saturated heterocycles. The summed E-state index contributed by atoms with van der Waals surface area (Å²) in [6, 6.07) is 18.9. The number of imidazole rings is 1. The van der Waals surface area contributed by atoms with E-state index in [-0.39, 0.29) is 23.1 Å². The second-order valence-electron chi connectivity index (χ2n) is 9.53. The van der Waals surface area contributed by atoms with Crippen LogP contribution in [0.3, 0.4) is 0 Å². The molecule has 0 fully saturated rings. The van der Waals surface area contributed by atoms with E-state index in [4.69, 9.17) is 16.3 Å². The molecular formula is C33H30ClN3O5. The Bertz CT molecular complexity index is 1710. The summed E-state index contributed by atoms with van der Waals surface area (Å²) >= 11 is 5.80.